The lowest BCUT2D eigenvalue weighted by Gasteiger charge is -2.07. The number of rotatable bonds is 10. The van der Waals surface area contributed by atoms with Crippen molar-refractivity contribution in [1.29, 1.82) is 0 Å². The van der Waals surface area contributed by atoms with Crippen molar-refractivity contribution in [3.63, 3.8) is 0 Å². The van der Waals surface area contributed by atoms with Crippen molar-refractivity contribution < 1.29 is 13.2 Å². The fraction of sp³-hybridized carbons (Fsp3) is 0.583. The molecule has 0 aliphatic heterocycles. The van der Waals surface area contributed by atoms with Crippen molar-refractivity contribution in [1.82, 2.24) is 15.0 Å². The molecule has 19 heavy (non-hydrogen) atoms. The van der Waals surface area contributed by atoms with Gasteiger partial charge in [-0.25, -0.2) is 13.1 Å². The number of hydrogen-bond acceptors (Lipinski definition) is 5. The van der Waals surface area contributed by atoms with Crippen LogP contribution in [0.4, 0.5) is 0 Å². The highest BCUT2D eigenvalue weighted by atomic mass is 32.2. The van der Waals surface area contributed by atoms with E-state index in [9.17, 15) is 8.42 Å². The van der Waals surface area contributed by atoms with E-state index in [1.165, 1.54) is 7.11 Å². The minimum absolute atomic E-state index is 0.00656. The van der Waals surface area contributed by atoms with Gasteiger partial charge in [-0.1, -0.05) is 6.07 Å². The van der Waals surface area contributed by atoms with Crippen molar-refractivity contribution in [2.45, 2.75) is 13.0 Å². The Labute approximate surface area is 114 Å². The summed E-state index contributed by atoms with van der Waals surface area (Å²) in [7, 11) is -1.71. The molecule has 0 amide bonds. The van der Waals surface area contributed by atoms with E-state index in [1.807, 2.05) is 12.1 Å². The molecule has 0 unspecified atom stereocenters. The van der Waals surface area contributed by atoms with Crippen molar-refractivity contribution in [2.24, 2.45) is 0 Å². The smallest absolute Gasteiger partial charge is 0.213 e. The van der Waals surface area contributed by atoms with E-state index in [-0.39, 0.29) is 12.4 Å². The summed E-state index contributed by atoms with van der Waals surface area (Å²) in [5.74, 6) is 0.00656. The van der Waals surface area contributed by atoms with Gasteiger partial charge in [0.05, 0.1) is 12.4 Å². The van der Waals surface area contributed by atoms with E-state index in [1.54, 1.807) is 12.4 Å². The molecule has 2 N–H and O–H groups in total. The number of methoxy groups -OCH3 is 1. The lowest BCUT2D eigenvalue weighted by molar-refractivity contribution is 0.217. The molecular weight excluding hydrogens is 266 g/mol. The van der Waals surface area contributed by atoms with Crippen molar-refractivity contribution in [2.75, 3.05) is 32.6 Å². The molecule has 0 saturated heterocycles. The maximum absolute atomic E-state index is 11.4. The summed E-state index contributed by atoms with van der Waals surface area (Å²) in [5.41, 5.74) is 1.11. The molecule has 6 nitrogen and oxygen atoms in total. The van der Waals surface area contributed by atoms with Gasteiger partial charge in [0.25, 0.3) is 0 Å². The van der Waals surface area contributed by atoms with Crippen LogP contribution in [0.5, 0.6) is 0 Å². The number of aromatic nitrogens is 1. The molecular formula is C12H21N3O3S. The number of sulfonamides is 1. The van der Waals surface area contributed by atoms with Gasteiger partial charge < -0.3 is 10.1 Å². The second kappa shape index (κ2) is 8.98. The second-order valence-corrected chi connectivity index (χ2v) is 6.02. The molecule has 0 saturated carbocycles. The normalized spacial score (nSPS) is 11.6. The van der Waals surface area contributed by atoms with E-state index in [0.29, 0.717) is 6.54 Å². The first-order valence-electron chi connectivity index (χ1n) is 6.20. The summed E-state index contributed by atoms with van der Waals surface area (Å²) in [4.78, 5) is 4.02. The van der Waals surface area contributed by atoms with Gasteiger partial charge in [0.1, 0.15) is 0 Å². The number of nitrogens with one attached hydrogen (secondary N) is 2. The molecule has 7 heteroatoms. The fourth-order valence-corrected chi connectivity index (χ4v) is 2.43. The van der Waals surface area contributed by atoms with Gasteiger partial charge >= 0.3 is 0 Å². The lowest BCUT2D eigenvalue weighted by atomic mass is 10.3. The Bertz CT molecular complexity index is 437. The van der Waals surface area contributed by atoms with E-state index in [4.69, 9.17) is 4.74 Å². The Morgan fingerprint density at radius 1 is 1.37 bits per heavy atom. The molecule has 0 aliphatic carbocycles. The monoisotopic (exact) mass is 287 g/mol. The van der Waals surface area contributed by atoms with E-state index >= 15 is 0 Å². The van der Waals surface area contributed by atoms with Crippen LogP contribution in [0.15, 0.2) is 24.5 Å². The van der Waals surface area contributed by atoms with Crippen molar-refractivity contribution >= 4 is 10.0 Å². The molecule has 1 heterocycles. The van der Waals surface area contributed by atoms with Crippen molar-refractivity contribution in [3.8, 4) is 0 Å². The molecule has 0 fully saturated rings. The minimum Gasteiger partial charge on any atom is -0.384 e. The minimum atomic E-state index is -3.20. The highest BCUT2D eigenvalue weighted by molar-refractivity contribution is 7.89. The van der Waals surface area contributed by atoms with Crippen LogP contribution in [0.25, 0.3) is 0 Å². The maximum Gasteiger partial charge on any atom is 0.213 e. The van der Waals surface area contributed by atoms with E-state index < -0.39 is 10.0 Å². The Hall–Kier alpha value is -1.02. The molecule has 1 aromatic rings. The molecule has 1 aromatic heterocycles. The van der Waals surface area contributed by atoms with Gasteiger partial charge in [-0.2, -0.15) is 0 Å². The Kier molecular flexibility index (Phi) is 7.57. The third kappa shape index (κ3) is 7.89. The molecule has 0 bridgehead atoms. The zero-order valence-corrected chi connectivity index (χ0v) is 11.9. The molecule has 0 radical (unpaired) electrons. The average molecular weight is 287 g/mol. The Morgan fingerprint density at radius 2 is 2.21 bits per heavy atom. The summed E-state index contributed by atoms with van der Waals surface area (Å²) in [5, 5.41) is 3.23. The van der Waals surface area contributed by atoms with Gasteiger partial charge in [-0.3, -0.25) is 4.98 Å². The SMILES string of the molecule is COCCS(=O)(=O)NCCCNCc1cccnc1. The standard InChI is InChI=1S/C12H21N3O3S/c1-18-8-9-19(16,17)15-7-3-6-14-11-12-4-2-5-13-10-12/h2,4-5,10,14-15H,3,6-9,11H2,1H3. The van der Waals surface area contributed by atoms with Crippen LogP contribution in [0, 0.1) is 0 Å². The molecule has 0 aromatic carbocycles. The molecule has 108 valence electrons. The summed E-state index contributed by atoms with van der Waals surface area (Å²) in [6, 6.07) is 3.88. The predicted molar refractivity (Wildman–Crippen MR) is 74.2 cm³/mol. The number of nitrogens with zero attached hydrogens (tertiary/aromatic N) is 1. The summed E-state index contributed by atoms with van der Waals surface area (Å²) in [6.45, 7) is 2.15. The predicted octanol–water partition coefficient (Wildman–Crippen LogP) is 0.127. The number of pyridine rings is 1. The number of hydrogen-bond donors (Lipinski definition) is 2. The average Bonchev–Trinajstić information content (AvgIpc) is 2.42. The third-order valence-electron chi connectivity index (χ3n) is 2.46. The van der Waals surface area contributed by atoms with Gasteiger partial charge in [-0.15, -0.1) is 0 Å². The van der Waals surface area contributed by atoms with Crippen LogP contribution in [0.1, 0.15) is 12.0 Å². The van der Waals surface area contributed by atoms with Gasteiger partial charge in [0, 0.05) is 32.6 Å². The first kappa shape index (κ1) is 16.0. The highest BCUT2D eigenvalue weighted by Gasteiger charge is 2.07. The van der Waals surface area contributed by atoms with Gasteiger partial charge in [-0.05, 0) is 24.6 Å². The van der Waals surface area contributed by atoms with E-state index in [2.05, 4.69) is 15.0 Å². The Morgan fingerprint density at radius 3 is 2.89 bits per heavy atom. The van der Waals surface area contributed by atoms with Crippen LogP contribution >= 0.6 is 0 Å². The molecule has 0 aliphatic rings. The summed E-state index contributed by atoms with van der Waals surface area (Å²) >= 11 is 0. The van der Waals surface area contributed by atoms with Crippen LogP contribution < -0.4 is 10.0 Å². The van der Waals surface area contributed by atoms with E-state index in [0.717, 1.165) is 25.1 Å². The first-order valence-corrected chi connectivity index (χ1v) is 7.85. The quantitative estimate of drug-likeness (QED) is 0.598. The largest absolute Gasteiger partial charge is 0.384 e. The van der Waals surface area contributed by atoms with Gasteiger partial charge in [0.2, 0.25) is 10.0 Å². The zero-order chi connectivity index (χ0) is 14.0. The summed E-state index contributed by atoms with van der Waals surface area (Å²) in [6.07, 6.45) is 4.28. The van der Waals surface area contributed by atoms with Gasteiger partial charge in [0.15, 0.2) is 0 Å². The molecule has 1 rings (SSSR count). The highest BCUT2D eigenvalue weighted by Crippen LogP contribution is 1.94. The Balaban J connectivity index is 2.05. The van der Waals surface area contributed by atoms with Crippen molar-refractivity contribution in [3.05, 3.63) is 30.1 Å². The number of ether oxygens (including phenoxy) is 1. The van der Waals surface area contributed by atoms with Crippen LogP contribution in [0.3, 0.4) is 0 Å². The summed E-state index contributed by atoms with van der Waals surface area (Å²) < 4.78 is 30.1. The first-order chi connectivity index (χ1) is 9.14. The van der Waals surface area contributed by atoms with Crippen LogP contribution in [-0.4, -0.2) is 46.0 Å². The molecule has 0 spiro atoms. The lowest BCUT2D eigenvalue weighted by Crippen LogP contribution is -2.30. The third-order valence-corrected chi connectivity index (χ3v) is 3.81. The van der Waals surface area contributed by atoms with Crippen LogP contribution in [-0.2, 0) is 21.3 Å². The fourth-order valence-electron chi connectivity index (χ4n) is 1.44. The topological polar surface area (TPSA) is 80.3 Å². The maximum atomic E-state index is 11.4. The van der Waals surface area contributed by atoms with Crippen LogP contribution in [0.2, 0.25) is 0 Å². The molecule has 0 atom stereocenters. The second-order valence-electron chi connectivity index (χ2n) is 4.10. The zero-order valence-electron chi connectivity index (χ0n) is 11.1.